The molecule has 4 rings (SSSR count). The highest BCUT2D eigenvalue weighted by Gasteiger charge is 2.41. The van der Waals surface area contributed by atoms with Gasteiger partial charge in [0.25, 0.3) is 0 Å². The van der Waals surface area contributed by atoms with Gasteiger partial charge in [0, 0.05) is 17.6 Å². The van der Waals surface area contributed by atoms with Crippen LogP contribution < -0.4 is 0 Å². The number of halogens is 5. The molecular weight excluding hydrogens is 443 g/mol. The van der Waals surface area contributed by atoms with Gasteiger partial charge in [-0.3, -0.25) is 0 Å². The van der Waals surface area contributed by atoms with Crippen LogP contribution in [0.2, 0.25) is 0 Å². The molecule has 176 valence electrons. The van der Waals surface area contributed by atoms with Crippen LogP contribution >= 0.6 is 0 Å². The summed E-state index contributed by atoms with van der Waals surface area (Å²) in [6.45, 7) is 2.13. The van der Waals surface area contributed by atoms with Crippen LogP contribution in [0.15, 0.2) is 78.6 Å². The third-order valence-corrected chi connectivity index (χ3v) is 6.24. The highest BCUT2D eigenvalue weighted by Crippen LogP contribution is 2.47. The fraction of sp³-hybridized carbons (Fsp3) is 0.241. The second kappa shape index (κ2) is 9.96. The van der Waals surface area contributed by atoms with Gasteiger partial charge in [0.2, 0.25) is 0 Å². The van der Waals surface area contributed by atoms with Crippen LogP contribution in [0.3, 0.4) is 0 Å². The minimum absolute atomic E-state index is 0.0420. The molecule has 0 saturated heterocycles. The predicted molar refractivity (Wildman–Crippen MR) is 125 cm³/mol. The SMILES string of the molecule is CCCc1ccc(CCc2ccc(C3(F)CC=C(F)C=C3c3ccc(F)c(F)c3)c(F)c2)cc1. The maximum Gasteiger partial charge on any atom is 0.168 e. The van der Waals surface area contributed by atoms with E-state index in [-0.39, 0.29) is 16.7 Å². The standard InChI is InChI=1S/C29H25F5/c1-2-3-19-4-6-20(7-5-19)8-9-21-10-12-24(27(32)16-21)29(34)15-14-23(30)18-25(29)22-11-13-26(31)28(33)17-22/h4-7,10-14,16-18H,2-3,8-9,15H2,1H3. The van der Waals surface area contributed by atoms with Crippen molar-refractivity contribution < 1.29 is 22.0 Å². The Labute approximate surface area is 196 Å². The molecule has 3 aromatic rings. The van der Waals surface area contributed by atoms with E-state index in [0.717, 1.165) is 48.8 Å². The summed E-state index contributed by atoms with van der Waals surface area (Å²) in [4.78, 5) is 0. The fourth-order valence-corrected chi connectivity index (χ4v) is 4.38. The molecule has 1 atom stereocenters. The first-order chi connectivity index (χ1) is 16.3. The first-order valence-corrected chi connectivity index (χ1v) is 11.4. The van der Waals surface area contributed by atoms with Crippen LogP contribution in [0.25, 0.3) is 5.57 Å². The maximum absolute atomic E-state index is 16.3. The summed E-state index contributed by atoms with van der Waals surface area (Å²) in [6, 6.07) is 15.4. The van der Waals surface area contributed by atoms with E-state index in [2.05, 4.69) is 31.2 Å². The van der Waals surface area contributed by atoms with Gasteiger partial charge in [0.15, 0.2) is 17.3 Å². The number of aryl methyl sites for hydroxylation is 3. The van der Waals surface area contributed by atoms with Gasteiger partial charge in [-0.15, -0.1) is 0 Å². The Bertz CT molecular complexity index is 1240. The molecule has 0 radical (unpaired) electrons. The summed E-state index contributed by atoms with van der Waals surface area (Å²) in [5.74, 6) is -3.76. The van der Waals surface area contributed by atoms with E-state index in [9.17, 15) is 13.2 Å². The van der Waals surface area contributed by atoms with Gasteiger partial charge in [-0.05, 0) is 71.9 Å². The fourth-order valence-electron chi connectivity index (χ4n) is 4.38. The van der Waals surface area contributed by atoms with E-state index in [1.807, 2.05) is 0 Å². The summed E-state index contributed by atoms with van der Waals surface area (Å²) in [5.41, 5.74) is 0.140. The molecule has 0 aliphatic heterocycles. The molecule has 0 fully saturated rings. The van der Waals surface area contributed by atoms with E-state index in [1.54, 1.807) is 6.07 Å². The van der Waals surface area contributed by atoms with E-state index in [0.29, 0.717) is 18.4 Å². The molecule has 0 bridgehead atoms. The lowest BCUT2D eigenvalue weighted by Crippen LogP contribution is -2.25. The first kappa shape index (κ1) is 23.9. The summed E-state index contributed by atoms with van der Waals surface area (Å²) in [6.07, 6.45) is 4.87. The van der Waals surface area contributed by atoms with Gasteiger partial charge in [-0.25, -0.2) is 22.0 Å². The molecule has 34 heavy (non-hydrogen) atoms. The molecule has 0 aromatic heterocycles. The minimum atomic E-state index is -2.42. The van der Waals surface area contributed by atoms with Gasteiger partial charge < -0.3 is 0 Å². The van der Waals surface area contributed by atoms with Gasteiger partial charge in [0.1, 0.15) is 11.6 Å². The molecule has 3 aromatic carbocycles. The Balaban J connectivity index is 1.58. The van der Waals surface area contributed by atoms with Crippen LogP contribution in [-0.4, -0.2) is 0 Å². The van der Waals surface area contributed by atoms with Crippen LogP contribution in [0.5, 0.6) is 0 Å². The molecule has 0 amide bonds. The molecule has 0 heterocycles. The number of hydrogen-bond donors (Lipinski definition) is 0. The molecule has 1 aliphatic carbocycles. The normalized spacial score (nSPS) is 17.9. The van der Waals surface area contributed by atoms with Crippen LogP contribution in [0.1, 0.15) is 47.6 Å². The molecule has 0 spiro atoms. The van der Waals surface area contributed by atoms with Crippen molar-refractivity contribution in [2.24, 2.45) is 0 Å². The van der Waals surface area contributed by atoms with E-state index >= 15 is 8.78 Å². The Morgan fingerprint density at radius 2 is 1.35 bits per heavy atom. The van der Waals surface area contributed by atoms with Crippen molar-refractivity contribution in [3.05, 3.63) is 124 Å². The molecule has 0 N–H and O–H groups in total. The minimum Gasteiger partial charge on any atom is -0.233 e. The molecule has 1 unspecified atom stereocenters. The smallest absolute Gasteiger partial charge is 0.168 e. The highest BCUT2D eigenvalue weighted by atomic mass is 19.2. The average Bonchev–Trinajstić information content (AvgIpc) is 2.82. The third kappa shape index (κ3) is 4.98. The summed E-state index contributed by atoms with van der Waals surface area (Å²) in [5, 5.41) is 0. The Morgan fingerprint density at radius 3 is 2.00 bits per heavy atom. The zero-order valence-electron chi connectivity index (χ0n) is 18.9. The lowest BCUT2D eigenvalue weighted by molar-refractivity contribution is 0.239. The molecular formula is C29H25F5. The lowest BCUT2D eigenvalue weighted by Gasteiger charge is -2.31. The van der Waals surface area contributed by atoms with Gasteiger partial charge in [-0.1, -0.05) is 55.8 Å². The Morgan fingerprint density at radius 1 is 0.706 bits per heavy atom. The van der Waals surface area contributed by atoms with E-state index in [4.69, 9.17) is 0 Å². The molecule has 0 nitrogen and oxygen atoms in total. The molecule has 0 saturated carbocycles. The number of rotatable bonds is 7. The first-order valence-electron chi connectivity index (χ1n) is 11.4. The van der Waals surface area contributed by atoms with Crippen LogP contribution in [-0.2, 0) is 24.9 Å². The number of benzene rings is 3. The van der Waals surface area contributed by atoms with Gasteiger partial charge in [-0.2, -0.15) is 0 Å². The second-order valence-electron chi connectivity index (χ2n) is 8.66. The third-order valence-electron chi connectivity index (χ3n) is 6.24. The van der Waals surface area contributed by atoms with E-state index in [1.165, 1.54) is 17.7 Å². The highest BCUT2D eigenvalue weighted by molar-refractivity contribution is 5.77. The van der Waals surface area contributed by atoms with E-state index < -0.39 is 35.4 Å². The van der Waals surface area contributed by atoms with Crippen molar-refractivity contribution in [1.82, 2.24) is 0 Å². The summed E-state index contributed by atoms with van der Waals surface area (Å²) in [7, 11) is 0. The van der Waals surface area contributed by atoms with Crippen molar-refractivity contribution in [3.63, 3.8) is 0 Å². The zero-order chi connectivity index (χ0) is 24.3. The Kier molecular flexibility index (Phi) is 7.01. The van der Waals surface area contributed by atoms with Crippen LogP contribution in [0.4, 0.5) is 22.0 Å². The summed E-state index contributed by atoms with van der Waals surface area (Å²) < 4.78 is 72.6. The van der Waals surface area contributed by atoms with Crippen molar-refractivity contribution >= 4 is 5.57 Å². The van der Waals surface area contributed by atoms with Crippen molar-refractivity contribution in [1.29, 1.82) is 0 Å². The van der Waals surface area contributed by atoms with Crippen molar-refractivity contribution in [3.8, 4) is 0 Å². The second-order valence-corrected chi connectivity index (χ2v) is 8.66. The quantitative estimate of drug-likeness (QED) is 0.306. The average molecular weight is 469 g/mol. The number of alkyl halides is 1. The van der Waals surface area contributed by atoms with Crippen molar-refractivity contribution in [2.45, 2.75) is 44.7 Å². The van der Waals surface area contributed by atoms with Crippen molar-refractivity contribution in [2.75, 3.05) is 0 Å². The monoisotopic (exact) mass is 468 g/mol. The molecule has 1 aliphatic rings. The van der Waals surface area contributed by atoms with Gasteiger partial charge in [0.05, 0.1) is 0 Å². The Hall–Kier alpha value is -3.21. The largest absolute Gasteiger partial charge is 0.233 e. The van der Waals surface area contributed by atoms with Crippen LogP contribution in [0, 0.1) is 17.5 Å². The zero-order valence-corrected chi connectivity index (χ0v) is 18.9. The van der Waals surface area contributed by atoms with Gasteiger partial charge >= 0.3 is 0 Å². The molecule has 5 heteroatoms. The summed E-state index contributed by atoms with van der Waals surface area (Å²) >= 11 is 0. The number of allylic oxidation sites excluding steroid dienone is 4. The maximum atomic E-state index is 16.3. The predicted octanol–water partition coefficient (Wildman–Crippen LogP) is 8.35. The topological polar surface area (TPSA) is 0 Å². The number of hydrogen-bond acceptors (Lipinski definition) is 0. The lowest BCUT2D eigenvalue weighted by atomic mass is 9.78.